The van der Waals surface area contributed by atoms with Crippen LogP contribution in [0.4, 0.5) is 11.4 Å². The molecule has 156 valence electrons. The van der Waals surface area contributed by atoms with Gasteiger partial charge in [-0.3, -0.25) is 9.52 Å². The minimum absolute atomic E-state index is 0.200. The fourth-order valence-electron chi connectivity index (χ4n) is 2.73. The Labute approximate surface area is 182 Å². The van der Waals surface area contributed by atoms with Gasteiger partial charge in [0.2, 0.25) is 0 Å². The van der Waals surface area contributed by atoms with Crippen molar-refractivity contribution < 1.29 is 13.2 Å². The van der Waals surface area contributed by atoms with Crippen LogP contribution in [-0.2, 0) is 15.8 Å². The molecule has 0 spiro atoms. The molecule has 0 aliphatic heterocycles. The van der Waals surface area contributed by atoms with Gasteiger partial charge in [-0.2, -0.15) is 11.8 Å². The zero-order valence-corrected chi connectivity index (χ0v) is 18.5. The van der Waals surface area contributed by atoms with Crippen LogP contribution in [0.2, 0.25) is 0 Å². The summed E-state index contributed by atoms with van der Waals surface area (Å²) in [6.07, 6.45) is 0. The van der Waals surface area contributed by atoms with Crippen LogP contribution in [0.3, 0.4) is 0 Å². The van der Waals surface area contributed by atoms with E-state index in [-0.39, 0.29) is 10.8 Å². The molecule has 0 aliphatic rings. The van der Waals surface area contributed by atoms with E-state index < -0.39 is 10.0 Å². The molecule has 5 nitrogen and oxygen atoms in total. The third-order valence-electron chi connectivity index (χ3n) is 4.42. The van der Waals surface area contributed by atoms with Gasteiger partial charge in [0.1, 0.15) is 0 Å². The lowest BCUT2D eigenvalue weighted by Crippen LogP contribution is -2.14. The third-order valence-corrected chi connectivity index (χ3v) is 6.76. The monoisotopic (exact) mass is 440 g/mol. The molecule has 7 heteroatoms. The number of carbonyl (C=O) groups excluding carboxylic acids is 1. The highest BCUT2D eigenvalue weighted by molar-refractivity contribution is 7.98. The number of hydrogen-bond acceptors (Lipinski definition) is 4. The Morgan fingerprint density at radius 1 is 0.867 bits per heavy atom. The van der Waals surface area contributed by atoms with E-state index in [2.05, 4.69) is 17.0 Å². The molecule has 0 aliphatic carbocycles. The quantitative estimate of drug-likeness (QED) is 0.498. The first-order valence-electron chi connectivity index (χ1n) is 9.55. The predicted molar refractivity (Wildman–Crippen MR) is 125 cm³/mol. The molecule has 0 unspecified atom stereocenters. The molecule has 0 saturated heterocycles. The standard InChI is InChI=1S/C23H24N2O3S2/c1-3-29-16-18-6-8-19(9-7-18)23(26)24-20-10-12-21(13-11-20)25-30(27,28)22-14-4-17(2)5-15-22/h4-15,25H,3,16H2,1-2H3,(H,24,26). The van der Waals surface area contributed by atoms with Crippen molar-refractivity contribution in [2.45, 2.75) is 24.5 Å². The van der Waals surface area contributed by atoms with Crippen molar-refractivity contribution in [3.63, 3.8) is 0 Å². The molecule has 3 aromatic rings. The van der Waals surface area contributed by atoms with Gasteiger partial charge in [0, 0.05) is 22.7 Å². The smallest absolute Gasteiger partial charge is 0.261 e. The Morgan fingerprint density at radius 2 is 1.47 bits per heavy atom. The molecule has 3 rings (SSSR count). The number of carbonyl (C=O) groups is 1. The van der Waals surface area contributed by atoms with Gasteiger partial charge in [-0.1, -0.05) is 36.8 Å². The Balaban J connectivity index is 1.62. The number of sulfonamides is 1. The normalized spacial score (nSPS) is 11.1. The zero-order valence-electron chi connectivity index (χ0n) is 16.9. The maximum Gasteiger partial charge on any atom is 0.261 e. The van der Waals surface area contributed by atoms with E-state index in [1.807, 2.05) is 43.0 Å². The average molecular weight is 441 g/mol. The van der Waals surface area contributed by atoms with E-state index in [9.17, 15) is 13.2 Å². The SMILES string of the molecule is CCSCc1ccc(C(=O)Nc2ccc(NS(=O)(=O)c3ccc(C)cc3)cc2)cc1. The van der Waals surface area contributed by atoms with Crippen molar-refractivity contribution in [1.82, 2.24) is 0 Å². The van der Waals surface area contributed by atoms with Crippen molar-refractivity contribution >= 4 is 39.1 Å². The number of aryl methyl sites for hydroxylation is 1. The van der Waals surface area contributed by atoms with Crippen LogP contribution in [-0.4, -0.2) is 20.1 Å². The second-order valence-corrected chi connectivity index (χ2v) is 9.74. The van der Waals surface area contributed by atoms with Crippen molar-refractivity contribution in [1.29, 1.82) is 0 Å². The maximum absolute atomic E-state index is 12.5. The highest BCUT2D eigenvalue weighted by Crippen LogP contribution is 2.20. The molecule has 0 heterocycles. The first-order chi connectivity index (χ1) is 14.4. The third kappa shape index (κ3) is 5.87. The van der Waals surface area contributed by atoms with Crippen LogP contribution < -0.4 is 10.0 Å². The topological polar surface area (TPSA) is 75.3 Å². The van der Waals surface area contributed by atoms with E-state index in [0.29, 0.717) is 16.9 Å². The van der Waals surface area contributed by atoms with E-state index >= 15 is 0 Å². The molecule has 1 amide bonds. The summed E-state index contributed by atoms with van der Waals surface area (Å²) in [7, 11) is -3.66. The van der Waals surface area contributed by atoms with Gasteiger partial charge in [0.15, 0.2) is 0 Å². The molecule has 3 aromatic carbocycles. The van der Waals surface area contributed by atoms with E-state index in [1.54, 1.807) is 48.5 Å². The summed E-state index contributed by atoms with van der Waals surface area (Å²) in [5.74, 6) is 1.77. The summed E-state index contributed by atoms with van der Waals surface area (Å²) in [4.78, 5) is 12.6. The molecule has 2 N–H and O–H groups in total. The minimum Gasteiger partial charge on any atom is -0.322 e. The van der Waals surface area contributed by atoms with Gasteiger partial charge in [0.25, 0.3) is 15.9 Å². The Bertz CT molecular complexity index is 1090. The highest BCUT2D eigenvalue weighted by atomic mass is 32.2. The van der Waals surface area contributed by atoms with Crippen molar-refractivity contribution in [3.8, 4) is 0 Å². The van der Waals surface area contributed by atoms with E-state index in [4.69, 9.17) is 0 Å². The maximum atomic E-state index is 12.5. The van der Waals surface area contributed by atoms with Crippen molar-refractivity contribution in [2.24, 2.45) is 0 Å². The number of anilines is 2. The van der Waals surface area contributed by atoms with Gasteiger partial charge in [0.05, 0.1) is 4.90 Å². The number of hydrogen-bond donors (Lipinski definition) is 2. The highest BCUT2D eigenvalue weighted by Gasteiger charge is 2.14. The first-order valence-corrected chi connectivity index (χ1v) is 12.2. The Hall–Kier alpha value is -2.77. The van der Waals surface area contributed by atoms with Crippen LogP contribution in [0.5, 0.6) is 0 Å². The van der Waals surface area contributed by atoms with Gasteiger partial charge in [-0.05, 0) is 66.8 Å². The molecular weight excluding hydrogens is 416 g/mol. The predicted octanol–water partition coefficient (Wildman–Crippen LogP) is 5.30. The Morgan fingerprint density at radius 3 is 2.07 bits per heavy atom. The second-order valence-electron chi connectivity index (χ2n) is 6.78. The first kappa shape index (κ1) is 21.9. The fourth-order valence-corrected chi connectivity index (χ4v) is 4.42. The second kappa shape index (κ2) is 9.82. The van der Waals surface area contributed by atoms with Crippen LogP contribution >= 0.6 is 11.8 Å². The number of benzene rings is 3. The average Bonchev–Trinajstić information content (AvgIpc) is 2.74. The lowest BCUT2D eigenvalue weighted by Gasteiger charge is -2.10. The molecular formula is C23H24N2O3S2. The molecule has 0 saturated carbocycles. The molecule has 0 fully saturated rings. The van der Waals surface area contributed by atoms with Gasteiger partial charge >= 0.3 is 0 Å². The van der Waals surface area contributed by atoms with Gasteiger partial charge in [-0.25, -0.2) is 8.42 Å². The number of thioether (sulfide) groups is 1. The molecule has 30 heavy (non-hydrogen) atoms. The summed E-state index contributed by atoms with van der Waals surface area (Å²) < 4.78 is 27.5. The summed E-state index contributed by atoms with van der Waals surface area (Å²) in [5.41, 5.74) is 3.76. The van der Waals surface area contributed by atoms with E-state index in [1.165, 1.54) is 5.56 Å². The number of nitrogens with one attached hydrogen (secondary N) is 2. The summed E-state index contributed by atoms with van der Waals surface area (Å²) in [5, 5.41) is 2.83. The van der Waals surface area contributed by atoms with Crippen LogP contribution in [0.25, 0.3) is 0 Å². The Kier molecular flexibility index (Phi) is 7.18. The summed E-state index contributed by atoms with van der Waals surface area (Å²) >= 11 is 1.83. The van der Waals surface area contributed by atoms with E-state index in [0.717, 1.165) is 17.1 Å². The lowest BCUT2D eigenvalue weighted by molar-refractivity contribution is 0.102. The molecule has 0 atom stereocenters. The zero-order chi connectivity index (χ0) is 21.6. The van der Waals surface area contributed by atoms with Crippen molar-refractivity contribution in [2.75, 3.05) is 15.8 Å². The molecule has 0 bridgehead atoms. The summed E-state index contributed by atoms with van der Waals surface area (Å²) in [6, 6.07) is 20.7. The largest absolute Gasteiger partial charge is 0.322 e. The van der Waals surface area contributed by atoms with Crippen LogP contribution in [0.1, 0.15) is 28.4 Å². The molecule has 0 aromatic heterocycles. The van der Waals surface area contributed by atoms with Gasteiger partial charge in [-0.15, -0.1) is 0 Å². The minimum atomic E-state index is -3.66. The lowest BCUT2D eigenvalue weighted by atomic mass is 10.1. The number of rotatable bonds is 8. The number of amides is 1. The fraction of sp³-hybridized carbons (Fsp3) is 0.174. The van der Waals surface area contributed by atoms with Gasteiger partial charge < -0.3 is 5.32 Å². The summed E-state index contributed by atoms with van der Waals surface area (Å²) in [6.45, 7) is 4.02. The van der Waals surface area contributed by atoms with Crippen molar-refractivity contribution in [3.05, 3.63) is 89.5 Å². The van der Waals surface area contributed by atoms with Crippen LogP contribution in [0.15, 0.2) is 77.7 Å². The van der Waals surface area contributed by atoms with Crippen LogP contribution in [0, 0.1) is 6.92 Å². The molecule has 0 radical (unpaired) electrons.